The summed E-state index contributed by atoms with van der Waals surface area (Å²) in [6, 6.07) is 7.51. The van der Waals surface area contributed by atoms with Crippen LogP contribution in [-0.4, -0.2) is 18.1 Å². The van der Waals surface area contributed by atoms with E-state index in [4.69, 9.17) is 4.74 Å². The number of carbonyl (C=O) groups is 1. The van der Waals surface area contributed by atoms with Crippen LogP contribution in [0.5, 0.6) is 0 Å². The number of nitrogens with one attached hydrogen (secondary N) is 1. The molecule has 1 N–H and O–H groups in total. The smallest absolute Gasteiger partial charge is 0.338 e. The van der Waals surface area contributed by atoms with Gasteiger partial charge in [0.15, 0.2) is 0 Å². The molecule has 1 aromatic rings. The van der Waals surface area contributed by atoms with Crippen LogP contribution in [0.2, 0.25) is 0 Å². The Hall–Kier alpha value is -1.06. The van der Waals surface area contributed by atoms with Gasteiger partial charge in [0.05, 0.1) is 12.2 Å². The first-order valence-corrected chi connectivity index (χ1v) is 5.93. The molecule has 0 atom stereocenters. The van der Waals surface area contributed by atoms with Gasteiger partial charge in [0.25, 0.3) is 0 Å². The molecular weight excluding hydrogens is 250 g/mol. The van der Waals surface area contributed by atoms with E-state index in [9.17, 15) is 4.79 Å². The van der Waals surface area contributed by atoms with E-state index < -0.39 is 0 Å². The molecule has 1 aromatic carbocycles. The third kappa shape index (κ3) is 6.03. The second kappa shape index (κ2) is 7.39. The Labute approximate surface area is 115 Å². The summed E-state index contributed by atoms with van der Waals surface area (Å²) in [4.78, 5) is 11.4. The van der Waals surface area contributed by atoms with Crippen molar-refractivity contribution in [3.05, 3.63) is 35.4 Å². The van der Waals surface area contributed by atoms with E-state index in [2.05, 4.69) is 26.1 Å². The van der Waals surface area contributed by atoms with E-state index in [1.54, 1.807) is 19.1 Å². The predicted molar refractivity (Wildman–Crippen MR) is 76.2 cm³/mol. The Morgan fingerprint density at radius 3 is 2.22 bits per heavy atom. The SMILES string of the molecule is CCOC(=O)c1ccc(CNC(C)(C)C)cc1.Cl. The molecule has 0 saturated carbocycles. The van der Waals surface area contributed by atoms with Crippen molar-refractivity contribution >= 4 is 18.4 Å². The van der Waals surface area contributed by atoms with Gasteiger partial charge in [-0.2, -0.15) is 0 Å². The van der Waals surface area contributed by atoms with E-state index in [0.717, 1.165) is 12.1 Å². The van der Waals surface area contributed by atoms with Gasteiger partial charge in [-0.3, -0.25) is 0 Å². The average Bonchev–Trinajstić information content (AvgIpc) is 2.26. The molecule has 0 aliphatic heterocycles. The van der Waals surface area contributed by atoms with Crippen molar-refractivity contribution in [3.8, 4) is 0 Å². The minimum atomic E-state index is -0.261. The number of esters is 1. The molecule has 3 nitrogen and oxygen atoms in total. The maximum Gasteiger partial charge on any atom is 0.338 e. The summed E-state index contributed by atoms with van der Waals surface area (Å²) in [5, 5.41) is 3.40. The third-order valence-electron chi connectivity index (χ3n) is 2.29. The van der Waals surface area contributed by atoms with Gasteiger partial charge in [0, 0.05) is 12.1 Å². The zero-order valence-electron chi connectivity index (χ0n) is 11.4. The van der Waals surface area contributed by atoms with Gasteiger partial charge in [0.1, 0.15) is 0 Å². The van der Waals surface area contributed by atoms with Gasteiger partial charge in [-0.25, -0.2) is 4.79 Å². The molecule has 0 saturated heterocycles. The number of hydrogen-bond acceptors (Lipinski definition) is 3. The second-order valence-electron chi connectivity index (χ2n) is 5.02. The summed E-state index contributed by atoms with van der Waals surface area (Å²) in [5.74, 6) is -0.261. The van der Waals surface area contributed by atoms with E-state index in [1.165, 1.54) is 0 Å². The largest absolute Gasteiger partial charge is 0.462 e. The van der Waals surface area contributed by atoms with Crippen molar-refractivity contribution in [3.63, 3.8) is 0 Å². The summed E-state index contributed by atoms with van der Waals surface area (Å²) in [5.41, 5.74) is 1.86. The fourth-order valence-electron chi connectivity index (χ4n) is 1.34. The highest BCUT2D eigenvalue weighted by atomic mass is 35.5. The second-order valence-corrected chi connectivity index (χ2v) is 5.02. The Morgan fingerprint density at radius 1 is 1.22 bits per heavy atom. The fraction of sp³-hybridized carbons (Fsp3) is 0.500. The highest BCUT2D eigenvalue weighted by Crippen LogP contribution is 2.08. The normalized spacial score (nSPS) is 10.7. The summed E-state index contributed by atoms with van der Waals surface area (Å²) in [6.45, 7) is 9.39. The molecule has 0 radical (unpaired) electrons. The highest BCUT2D eigenvalue weighted by Gasteiger charge is 2.09. The maximum absolute atomic E-state index is 11.4. The Bertz CT molecular complexity index is 368. The minimum absolute atomic E-state index is 0. The Morgan fingerprint density at radius 2 is 1.78 bits per heavy atom. The van der Waals surface area contributed by atoms with E-state index in [1.807, 2.05) is 12.1 Å². The third-order valence-corrected chi connectivity index (χ3v) is 2.29. The lowest BCUT2D eigenvalue weighted by Crippen LogP contribution is -2.35. The number of benzene rings is 1. The molecule has 1 rings (SSSR count). The summed E-state index contributed by atoms with van der Waals surface area (Å²) < 4.78 is 4.93. The van der Waals surface area contributed by atoms with Crippen LogP contribution in [0.15, 0.2) is 24.3 Å². The van der Waals surface area contributed by atoms with Crippen molar-refractivity contribution in [2.45, 2.75) is 39.8 Å². The van der Waals surface area contributed by atoms with Gasteiger partial charge in [0.2, 0.25) is 0 Å². The van der Waals surface area contributed by atoms with Crippen LogP contribution < -0.4 is 5.32 Å². The average molecular weight is 272 g/mol. The summed E-state index contributed by atoms with van der Waals surface area (Å²) >= 11 is 0. The molecule has 0 aliphatic carbocycles. The number of rotatable bonds is 4. The van der Waals surface area contributed by atoms with Crippen molar-refractivity contribution in [2.75, 3.05) is 6.61 Å². The van der Waals surface area contributed by atoms with Crippen molar-refractivity contribution < 1.29 is 9.53 Å². The van der Waals surface area contributed by atoms with Gasteiger partial charge in [-0.1, -0.05) is 12.1 Å². The van der Waals surface area contributed by atoms with Gasteiger partial charge in [-0.15, -0.1) is 12.4 Å². The maximum atomic E-state index is 11.4. The number of halogens is 1. The molecule has 0 spiro atoms. The Balaban J connectivity index is 0.00000289. The molecule has 0 bridgehead atoms. The molecule has 0 fully saturated rings. The molecular formula is C14H22ClNO2. The van der Waals surface area contributed by atoms with E-state index in [0.29, 0.717) is 12.2 Å². The predicted octanol–water partition coefficient (Wildman–Crippen LogP) is 3.17. The first kappa shape index (κ1) is 16.9. The van der Waals surface area contributed by atoms with Gasteiger partial charge in [-0.05, 0) is 45.4 Å². The molecule has 0 aromatic heterocycles. The lowest BCUT2D eigenvalue weighted by molar-refractivity contribution is 0.0526. The number of ether oxygens (including phenoxy) is 1. The summed E-state index contributed by atoms with van der Waals surface area (Å²) in [7, 11) is 0. The molecule has 102 valence electrons. The van der Waals surface area contributed by atoms with Crippen LogP contribution in [0.4, 0.5) is 0 Å². The molecule has 4 heteroatoms. The van der Waals surface area contributed by atoms with Crippen LogP contribution in [-0.2, 0) is 11.3 Å². The van der Waals surface area contributed by atoms with Crippen molar-refractivity contribution in [1.82, 2.24) is 5.32 Å². The van der Waals surface area contributed by atoms with Crippen molar-refractivity contribution in [2.24, 2.45) is 0 Å². The van der Waals surface area contributed by atoms with Crippen LogP contribution in [0, 0.1) is 0 Å². The topological polar surface area (TPSA) is 38.3 Å². The quantitative estimate of drug-likeness (QED) is 0.855. The molecule has 18 heavy (non-hydrogen) atoms. The van der Waals surface area contributed by atoms with E-state index in [-0.39, 0.29) is 23.9 Å². The number of carbonyl (C=O) groups excluding carboxylic acids is 1. The minimum Gasteiger partial charge on any atom is -0.462 e. The van der Waals surface area contributed by atoms with Crippen LogP contribution >= 0.6 is 12.4 Å². The monoisotopic (exact) mass is 271 g/mol. The number of hydrogen-bond donors (Lipinski definition) is 1. The van der Waals surface area contributed by atoms with Crippen LogP contribution in [0.3, 0.4) is 0 Å². The lowest BCUT2D eigenvalue weighted by Gasteiger charge is -2.20. The fourth-order valence-corrected chi connectivity index (χ4v) is 1.34. The van der Waals surface area contributed by atoms with Gasteiger partial charge < -0.3 is 10.1 Å². The first-order chi connectivity index (χ1) is 7.92. The lowest BCUT2D eigenvalue weighted by atomic mass is 10.1. The standard InChI is InChI=1S/C14H21NO2.ClH/c1-5-17-13(16)12-8-6-11(7-9-12)10-15-14(2,3)4;/h6-9,15H,5,10H2,1-4H3;1H. The van der Waals surface area contributed by atoms with Crippen molar-refractivity contribution in [1.29, 1.82) is 0 Å². The van der Waals surface area contributed by atoms with E-state index >= 15 is 0 Å². The zero-order valence-corrected chi connectivity index (χ0v) is 12.3. The Kier molecular flexibility index (Phi) is 6.96. The first-order valence-electron chi connectivity index (χ1n) is 5.93. The molecule has 0 amide bonds. The van der Waals surface area contributed by atoms with Crippen LogP contribution in [0.1, 0.15) is 43.6 Å². The van der Waals surface area contributed by atoms with Gasteiger partial charge >= 0.3 is 5.97 Å². The summed E-state index contributed by atoms with van der Waals surface area (Å²) in [6.07, 6.45) is 0. The highest BCUT2D eigenvalue weighted by molar-refractivity contribution is 5.89. The molecule has 0 heterocycles. The molecule has 0 aliphatic rings. The molecule has 0 unspecified atom stereocenters. The van der Waals surface area contributed by atoms with Crippen LogP contribution in [0.25, 0.3) is 0 Å². The zero-order chi connectivity index (χ0) is 12.9.